The summed E-state index contributed by atoms with van der Waals surface area (Å²) >= 11 is 0. The topological polar surface area (TPSA) is 40.9 Å². The molecule has 2 nitrogen and oxygen atoms in total. The van der Waals surface area contributed by atoms with Crippen molar-refractivity contribution in [3.8, 4) is 6.07 Å². The summed E-state index contributed by atoms with van der Waals surface area (Å²) < 4.78 is 0. The predicted octanol–water partition coefficient (Wildman–Crippen LogP) is 4.60. The average Bonchev–Trinajstić information content (AvgIpc) is 2.77. The van der Waals surface area contributed by atoms with Crippen LogP contribution in [0, 0.1) is 45.8 Å². The van der Waals surface area contributed by atoms with Gasteiger partial charge in [-0.15, -0.1) is 0 Å². The van der Waals surface area contributed by atoms with Crippen LogP contribution in [0.5, 0.6) is 0 Å². The molecule has 0 aromatic heterocycles. The summed E-state index contributed by atoms with van der Waals surface area (Å²) in [5.74, 6) is 1.96. The largest absolute Gasteiger partial charge is 0.295 e. The summed E-state index contributed by atoms with van der Waals surface area (Å²) in [6.45, 7) is 8.89. The molecule has 0 bridgehead atoms. The van der Waals surface area contributed by atoms with E-state index in [0.29, 0.717) is 24.2 Å². The van der Waals surface area contributed by atoms with Crippen LogP contribution in [0.15, 0.2) is 36.0 Å². The van der Waals surface area contributed by atoms with Crippen LogP contribution in [0.4, 0.5) is 0 Å². The van der Waals surface area contributed by atoms with E-state index in [-0.39, 0.29) is 22.5 Å². The summed E-state index contributed by atoms with van der Waals surface area (Å²) in [6, 6.07) is 2.54. The highest BCUT2D eigenvalue weighted by molar-refractivity contribution is 5.92. The van der Waals surface area contributed by atoms with Gasteiger partial charge in [0, 0.05) is 6.42 Å². The Morgan fingerprint density at radius 3 is 2.83 bits per heavy atom. The van der Waals surface area contributed by atoms with E-state index < -0.39 is 0 Å². The van der Waals surface area contributed by atoms with E-state index in [1.54, 1.807) is 0 Å². The molecule has 2 heteroatoms. The number of allylic oxidation sites excluding steroid dienone is 5. The minimum absolute atomic E-state index is 0.0135. The Bertz CT molecular complexity index is 693. The van der Waals surface area contributed by atoms with Gasteiger partial charge in [-0.1, -0.05) is 38.2 Å². The molecule has 0 amide bonds. The van der Waals surface area contributed by atoms with Crippen LogP contribution >= 0.6 is 0 Å². The summed E-state index contributed by atoms with van der Waals surface area (Å²) in [5.41, 5.74) is 2.60. The zero-order chi connectivity index (χ0) is 16.4. The van der Waals surface area contributed by atoms with Crippen LogP contribution in [0.25, 0.3) is 0 Å². The SMILES string of the molecule is C=C1C[C@H]2[C@@H]3C=CC4=CC(=O)CC[C@]4(C)[C@H]3CC[C@]2(C)[C@H]1C#N. The van der Waals surface area contributed by atoms with Crippen LogP contribution in [0.1, 0.15) is 46.0 Å². The number of carbonyl (C=O) groups is 1. The highest BCUT2D eigenvalue weighted by atomic mass is 16.1. The van der Waals surface area contributed by atoms with Crippen LogP contribution in [0.2, 0.25) is 0 Å². The first-order valence-electron chi connectivity index (χ1n) is 8.90. The lowest BCUT2D eigenvalue weighted by Crippen LogP contribution is -2.48. The Morgan fingerprint density at radius 2 is 2.09 bits per heavy atom. The summed E-state index contributed by atoms with van der Waals surface area (Å²) in [5, 5.41) is 9.63. The lowest BCUT2D eigenvalue weighted by Gasteiger charge is -2.55. The van der Waals surface area contributed by atoms with E-state index in [9.17, 15) is 10.1 Å². The predicted molar refractivity (Wildman–Crippen MR) is 90.2 cm³/mol. The minimum Gasteiger partial charge on any atom is -0.295 e. The van der Waals surface area contributed by atoms with Gasteiger partial charge < -0.3 is 0 Å². The van der Waals surface area contributed by atoms with Gasteiger partial charge in [0.1, 0.15) is 0 Å². The Kier molecular flexibility index (Phi) is 3.05. The number of carbonyl (C=O) groups excluding carboxylic acids is 1. The van der Waals surface area contributed by atoms with E-state index in [1.165, 1.54) is 5.57 Å². The average molecular weight is 307 g/mol. The van der Waals surface area contributed by atoms with Crippen molar-refractivity contribution in [1.29, 1.82) is 5.26 Å². The van der Waals surface area contributed by atoms with E-state index >= 15 is 0 Å². The lowest BCUT2D eigenvalue weighted by molar-refractivity contribution is -0.116. The fourth-order valence-corrected chi connectivity index (χ4v) is 6.20. The Balaban J connectivity index is 1.77. The molecule has 23 heavy (non-hydrogen) atoms. The van der Waals surface area contributed by atoms with E-state index in [2.05, 4.69) is 38.6 Å². The molecule has 6 atom stereocenters. The Morgan fingerprint density at radius 1 is 1.30 bits per heavy atom. The molecular weight excluding hydrogens is 282 g/mol. The van der Waals surface area contributed by atoms with Crippen molar-refractivity contribution >= 4 is 5.78 Å². The van der Waals surface area contributed by atoms with Crippen molar-refractivity contribution in [3.63, 3.8) is 0 Å². The molecule has 2 fully saturated rings. The molecule has 4 aliphatic carbocycles. The molecule has 4 rings (SSSR count). The van der Waals surface area contributed by atoms with E-state index in [1.807, 2.05) is 6.08 Å². The van der Waals surface area contributed by atoms with Gasteiger partial charge in [-0.25, -0.2) is 0 Å². The molecule has 0 aliphatic heterocycles. The Hall–Kier alpha value is -1.62. The second-order valence-electron chi connectivity index (χ2n) is 8.60. The standard InChI is InChI=1S/C21H25NO/c1-13-10-18-16-5-4-14-11-15(23)6-8-20(14,2)17(16)7-9-21(18,3)19(13)12-22/h4-5,11,16-19H,1,6-10H2,2-3H3/t16-,17+,18+,19+,20+,21+/m1/s1. The molecule has 120 valence electrons. The first-order chi connectivity index (χ1) is 10.9. The number of rotatable bonds is 0. The number of ketones is 1. The first-order valence-corrected chi connectivity index (χ1v) is 8.90. The fourth-order valence-electron chi connectivity index (χ4n) is 6.20. The van der Waals surface area contributed by atoms with E-state index in [4.69, 9.17) is 0 Å². The molecule has 0 saturated heterocycles. The van der Waals surface area contributed by atoms with Crippen LogP contribution in [-0.4, -0.2) is 5.78 Å². The third-order valence-corrected chi connectivity index (χ3v) is 7.63. The van der Waals surface area contributed by atoms with Crippen molar-refractivity contribution < 1.29 is 4.79 Å². The van der Waals surface area contributed by atoms with Crippen LogP contribution in [-0.2, 0) is 4.79 Å². The molecule has 0 aromatic rings. The molecule has 4 aliphatic rings. The van der Waals surface area contributed by atoms with Gasteiger partial charge in [-0.05, 0) is 65.9 Å². The number of hydrogen-bond donors (Lipinski definition) is 0. The van der Waals surface area contributed by atoms with Crippen LogP contribution < -0.4 is 0 Å². The molecule has 0 heterocycles. The van der Waals surface area contributed by atoms with Gasteiger partial charge >= 0.3 is 0 Å². The molecule has 0 aromatic carbocycles. The quantitative estimate of drug-likeness (QED) is 0.614. The number of fused-ring (bicyclic) bond motifs is 5. The first kappa shape index (κ1) is 14.9. The second-order valence-corrected chi connectivity index (χ2v) is 8.60. The van der Waals surface area contributed by atoms with Gasteiger partial charge in [0.05, 0.1) is 12.0 Å². The minimum atomic E-state index is 0.0135. The van der Waals surface area contributed by atoms with Gasteiger partial charge in [0.25, 0.3) is 0 Å². The van der Waals surface area contributed by atoms with Gasteiger partial charge in [0.2, 0.25) is 0 Å². The molecule has 0 unspecified atom stereocenters. The van der Waals surface area contributed by atoms with Crippen LogP contribution in [0.3, 0.4) is 0 Å². The maximum absolute atomic E-state index is 11.8. The zero-order valence-corrected chi connectivity index (χ0v) is 14.1. The zero-order valence-electron chi connectivity index (χ0n) is 14.1. The van der Waals surface area contributed by atoms with Gasteiger partial charge in [0.15, 0.2) is 5.78 Å². The van der Waals surface area contributed by atoms with Gasteiger partial charge in [-0.3, -0.25) is 4.79 Å². The normalized spacial score (nSPS) is 48.1. The van der Waals surface area contributed by atoms with Gasteiger partial charge in [-0.2, -0.15) is 5.26 Å². The van der Waals surface area contributed by atoms with Crippen molar-refractivity contribution in [1.82, 2.24) is 0 Å². The van der Waals surface area contributed by atoms with Crippen molar-refractivity contribution in [2.45, 2.75) is 46.0 Å². The molecule has 0 radical (unpaired) electrons. The molecular formula is C21H25NO. The third-order valence-electron chi connectivity index (χ3n) is 7.63. The summed E-state index contributed by atoms with van der Waals surface area (Å²) in [4.78, 5) is 11.8. The summed E-state index contributed by atoms with van der Waals surface area (Å²) in [7, 11) is 0. The monoisotopic (exact) mass is 307 g/mol. The van der Waals surface area contributed by atoms with Crippen molar-refractivity contribution in [2.24, 2.45) is 34.5 Å². The number of nitrogens with zero attached hydrogens (tertiary/aromatic N) is 1. The highest BCUT2D eigenvalue weighted by Crippen LogP contribution is 2.65. The lowest BCUT2D eigenvalue weighted by atomic mass is 9.49. The molecule has 0 N–H and O–H groups in total. The number of hydrogen-bond acceptors (Lipinski definition) is 2. The highest BCUT2D eigenvalue weighted by Gasteiger charge is 2.59. The molecule has 2 saturated carbocycles. The van der Waals surface area contributed by atoms with Crippen molar-refractivity contribution in [2.75, 3.05) is 0 Å². The third kappa shape index (κ3) is 1.83. The second kappa shape index (κ2) is 4.69. The number of nitriles is 1. The summed E-state index contributed by atoms with van der Waals surface area (Å²) in [6.07, 6.45) is 11.4. The molecule has 0 spiro atoms. The maximum atomic E-state index is 11.8. The van der Waals surface area contributed by atoms with Crippen molar-refractivity contribution in [3.05, 3.63) is 36.0 Å². The fraction of sp³-hybridized carbons (Fsp3) is 0.619. The van der Waals surface area contributed by atoms with E-state index in [0.717, 1.165) is 31.3 Å². The Labute approximate surface area is 139 Å². The smallest absolute Gasteiger partial charge is 0.156 e. The maximum Gasteiger partial charge on any atom is 0.156 e.